The Balaban J connectivity index is 1.89. The third kappa shape index (κ3) is 4.31. The molecule has 1 aromatic heterocycles. The van der Waals surface area contributed by atoms with Gasteiger partial charge in [-0.2, -0.15) is 0 Å². The number of amides is 1. The highest BCUT2D eigenvalue weighted by Crippen LogP contribution is 2.08. The topological polar surface area (TPSA) is 54.0 Å². The van der Waals surface area contributed by atoms with Crippen LogP contribution in [0.5, 0.6) is 0 Å². The number of anilines is 1. The van der Waals surface area contributed by atoms with Crippen LogP contribution in [0.1, 0.15) is 29.8 Å². The summed E-state index contributed by atoms with van der Waals surface area (Å²) in [6.45, 7) is 4.63. The molecule has 21 heavy (non-hydrogen) atoms. The highest BCUT2D eigenvalue weighted by atomic mass is 16.1. The Morgan fingerprint density at radius 2 is 2.00 bits per heavy atom. The number of nitrogens with zero attached hydrogens (tertiary/aromatic N) is 1. The molecule has 0 saturated carbocycles. The third-order valence-corrected chi connectivity index (χ3v) is 3.28. The fourth-order valence-electron chi connectivity index (χ4n) is 2.14. The van der Waals surface area contributed by atoms with Gasteiger partial charge in [-0.25, -0.2) is 0 Å². The maximum atomic E-state index is 12.2. The molecule has 0 spiro atoms. The van der Waals surface area contributed by atoms with E-state index in [0.717, 1.165) is 17.7 Å². The monoisotopic (exact) mass is 283 g/mol. The van der Waals surface area contributed by atoms with E-state index in [1.807, 2.05) is 44.2 Å². The summed E-state index contributed by atoms with van der Waals surface area (Å²) in [5, 5.41) is 6.31. The molecule has 1 atom stereocenters. The maximum Gasteiger partial charge on any atom is 0.251 e. The lowest BCUT2D eigenvalue weighted by Crippen LogP contribution is -2.35. The summed E-state index contributed by atoms with van der Waals surface area (Å²) in [6.07, 6.45) is 4.20. The Bertz CT molecular complexity index is 584. The molecule has 0 aliphatic rings. The van der Waals surface area contributed by atoms with Crippen LogP contribution in [0.3, 0.4) is 0 Å². The van der Waals surface area contributed by atoms with Crippen molar-refractivity contribution in [2.75, 3.05) is 11.9 Å². The molecule has 2 rings (SSSR count). The van der Waals surface area contributed by atoms with Crippen LogP contribution in [0.4, 0.5) is 5.69 Å². The fraction of sp³-hybridized carbons (Fsp3) is 0.294. The van der Waals surface area contributed by atoms with E-state index in [1.54, 1.807) is 18.5 Å². The van der Waals surface area contributed by atoms with Crippen molar-refractivity contribution in [2.45, 2.75) is 26.3 Å². The molecule has 1 amide bonds. The molecule has 2 aromatic rings. The number of carbonyl (C=O) groups is 1. The van der Waals surface area contributed by atoms with E-state index in [4.69, 9.17) is 0 Å². The van der Waals surface area contributed by atoms with Crippen molar-refractivity contribution in [1.82, 2.24) is 10.3 Å². The summed E-state index contributed by atoms with van der Waals surface area (Å²) in [7, 11) is 0. The van der Waals surface area contributed by atoms with Gasteiger partial charge in [0.25, 0.3) is 5.91 Å². The standard InChI is InChI=1S/C17H21N3O/c1-3-14-12-18-10-9-16(14)17(21)19-11-13(2)20-15-7-5-4-6-8-15/h4-10,12-13,20H,3,11H2,1-2H3,(H,19,21)/t13-/m0/s1. The quantitative estimate of drug-likeness (QED) is 0.857. The number of carbonyl (C=O) groups excluding carboxylic acids is 1. The van der Waals surface area contributed by atoms with Crippen LogP contribution in [0, 0.1) is 0 Å². The Labute approximate surface area is 125 Å². The minimum Gasteiger partial charge on any atom is -0.381 e. The van der Waals surface area contributed by atoms with Gasteiger partial charge in [0.15, 0.2) is 0 Å². The van der Waals surface area contributed by atoms with Gasteiger partial charge in [0.1, 0.15) is 0 Å². The summed E-state index contributed by atoms with van der Waals surface area (Å²) in [5.41, 5.74) is 2.73. The van der Waals surface area contributed by atoms with E-state index < -0.39 is 0 Å². The molecule has 0 unspecified atom stereocenters. The predicted molar refractivity (Wildman–Crippen MR) is 85.5 cm³/mol. The largest absolute Gasteiger partial charge is 0.381 e. The first kappa shape index (κ1) is 15.0. The Morgan fingerprint density at radius 1 is 1.24 bits per heavy atom. The average molecular weight is 283 g/mol. The second-order valence-electron chi connectivity index (χ2n) is 5.01. The number of para-hydroxylation sites is 1. The second kappa shape index (κ2) is 7.43. The summed E-state index contributed by atoms with van der Waals surface area (Å²) in [4.78, 5) is 16.3. The number of aromatic nitrogens is 1. The lowest BCUT2D eigenvalue weighted by molar-refractivity contribution is 0.0951. The normalized spacial score (nSPS) is 11.7. The lowest BCUT2D eigenvalue weighted by Gasteiger charge is -2.16. The van der Waals surface area contributed by atoms with Crippen LogP contribution >= 0.6 is 0 Å². The molecule has 1 aromatic carbocycles. The summed E-state index contributed by atoms with van der Waals surface area (Å²) < 4.78 is 0. The van der Waals surface area contributed by atoms with Gasteiger partial charge < -0.3 is 10.6 Å². The SMILES string of the molecule is CCc1cnccc1C(=O)NC[C@H](C)Nc1ccccc1. The van der Waals surface area contributed by atoms with E-state index in [0.29, 0.717) is 12.1 Å². The van der Waals surface area contributed by atoms with Crippen molar-refractivity contribution in [3.8, 4) is 0 Å². The highest BCUT2D eigenvalue weighted by Gasteiger charge is 2.11. The number of pyridine rings is 1. The van der Waals surface area contributed by atoms with Crippen LogP contribution in [-0.4, -0.2) is 23.5 Å². The molecule has 0 bridgehead atoms. The van der Waals surface area contributed by atoms with Gasteiger partial charge in [-0.1, -0.05) is 25.1 Å². The Hall–Kier alpha value is -2.36. The number of aryl methyl sites for hydroxylation is 1. The second-order valence-corrected chi connectivity index (χ2v) is 5.01. The molecule has 0 fully saturated rings. The van der Waals surface area contributed by atoms with Crippen molar-refractivity contribution < 1.29 is 4.79 Å². The van der Waals surface area contributed by atoms with Crippen LogP contribution in [-0.2, 0) is 6.42 Å². The summed E-state index contributed by atoms with van der Waals surface area (Å²) >= 11 is 0. The van der Waals surface area contributed by atoms with Crippen LogP contribution in [0.15, 0.2) is 48.8 Å². The first-order valence-corrected chi connectivity index (χ1v) is 7.23. The predicted octanol–water partition coefficient (Wildman–Crippen LogP) is 2.87. The Kier molecular flexibility index (Phi) is 5.32. The lowest BCUT2D eigenvalue weighted by atomic mass is 10.1. The third-order valence-electron chi connectivity index (χ3n) is 3.28. The van der Waals surface area contributed by atoms with E-state index >= 15 is 0 Å². The van der Waals surface area contributed by atoms with Gasteiger partial charge in [0.05, 0.1) is 0 Å². The van der Waals surface area contributed by atoms with Gasteiger partial charge in [-0.05, 0) is 37.1 Å². The molecule has 0 radical (unpaired) electrons. The molecule has 0 aliphatic carbocycles. The number of rotatable bonds is 6. The summed E-state index contributed by atoms with van der Waals surface area (Å²) in [5.74, 6) is -0.0454. The van der Waals surface area contributed by atoms with Crippen LogP contribution in [0.2, 0.25) is 0 Å². The smallest absolute Gasteiger partial charge is 0.251 e. The van der Waals surface area contributed by atoms with E-state index in [-0.39, 0.29) is 11.9 Å². The number of hydrogen-bond acceptors (Lipinski definition) is 3. The summed E-state index contributed by atoms with van der Waals surface area (Å²) in [6, 6.07) is 11.9. The number of benzene rings is 1. The average Bonchev–Trinajstić information content (AvgIpc) is 2.53. The molecule has 1 heterocycles. The fourth-order valence-corrected chi connectivity index (χ4v) is 2.14. The minimum atomic E-state index is -0.0454. The van der Waals surface area contributed by atoms with E-state index in [2.05, 4.69) is 15.6 Å². The molecule has 2 N–H and O–H groups in total. The van der Waals surface area contributed by atoms with Crippen molar-refractivity contribution in [3.05, 3.63) is 59.9 Å². The van der Waals surface area contributed by atoms with Crippen molar-refractivity contribution >= 4 is 11.6 Å². The molecular formula is C17H21N3O. The molecule has 4 heteroatoms. The van der Waals surface area contributed by atoms with Crippen LogP contribution < -0.4 is 10.6 Å². The molecular weight excluding hydrogens is 262 g/mol. The van der Waals surface area contributed by atoms with Crippen molar-refractivity contribution in [2.24, 2.45) is 0 Å². The minimum absolute atomic E-state index is 0.0454. The molecule has 0 aliphatic heterocycles. The first-order chi connectivity index (χ1) is 10.2. The van der Waals surface area contributed by atoms with Gasteiger partial charge in [-0.3, -0.25) is 9.78 Å². The van der Waals surface area contributed by atoms with E-state index in [9.17, 15) is 4.79 Å². The van der Waals surface area contributed by atoms with Gasteiger partial charge in [0.2, 0.25) is 0 Å². The van der Waals surface area contributed by atoms with Crippen molar-refractivity contribution in [1.29, 1.82) is 0 Å². The zero-order valence-electron chi connectivity index (χ0n) is 12.5. The molecule has 110 valence electrons. The molecule has 0 saturated heterocycles. The molecule has 4 nitrogen and oxygen atoms in total. The Morgan fingerprint density at radius 3 is 2.71 bits per heavy atom. The number of hydrogen-bond donors (Lipinski definition) is 2. The van der Waals surface area contributed by atoms with Crippen LogP contribution in [0.25, 0.3) is 0 Å². The zero-order valence-corrected chi connectivity index (χ0v) is 12.5. The van der Waals surface area contributed by atoms with Gasteiger partial charge in [-0.15, -0.1) is 0 Å². The van der Waals surface area contributed by atoms with E-state index in [1.165, 1.54) is 0 Å². The van der Waals surface area contributed by atoms with Gasteiger partial charge in [0, 0.05) is 36.2 Å². The highest BCUT2D eigenvalue weighted by molar-refractivity contribution is 5.95. The number of nitrogens with one attached hydrogen (secondary N) is 2. The van der Waals surface area contributed by atoms with Crippen molar-refractivity contribution in [3.63, 3.8) is 0 Å². The zero-order chi connectivity index (χ0) is 15.1. The maximum absolute atomic E-state index is 12.2. The van der Waals surface area contributed by atoms with Gasteiger partial charge >= 0.3 is 0 Å². The first-order valence-electron chi connectivity index (χ1n) is 7.23.